The third-order valence-electron chi connectivity index (χ3n) is 0.878. The Balaban J connectivity index is 0. The Labute approximate surface area is 74.2 Å². The van der Waals surface area contributed by atoms with Gasteiger partial charge in [-0.15, -0.1) is 6.58 Å². The van der Waals surface area contributed by atoms with Crippen molar-refractivity contribution in [3.05, 3.63) is 12.7 Å². The van der Waals surface area contributed by atoms with Gasteiger partial charge in [0.15, 0.2) is 0 Å². The van der Waals surface area contributed by atoms with Crippen LogP contribution in [-0.2, 0) is 10.2 Å². The summed E-state index contributed by atoms with van der Waals surface area (Å²) in [5, 5.41) is 4.71. The first-order valence-corrected chi connectivity index (χ1v) is 4.91. The Morgan fingerprint density at radius 3 is 2.00 bits per heavy atom. The highest BCUT2D eigenvalue weighted by Gasteiger charge is 2.08. The predicted molar refractivity (Wildman–Crippen MR) is 50.7 cm³/mol. The SMILES string of the molecule is C=CC.CN(CCN)S(N)(=O)=O. The fourth-order valence-corrected chi connectivity index (χ4v) is 0.669. The molecule has 74 valence electrons. The Bertz CT molecular complexity index is 201. The van der Waals surface area contributed by atoms with E-state index in [1.165, 1.54) is 7.05 Å². The molecule has 0 amide bonds. The van der Waals surface area contributed by atoms with Gasteiger partial charge in [0, 0.05) is 20.1 Å². The molecule has 0 bridgehead atoms. The lowest BCUT2D eigenvalue weighted by atomic mass is 10.7. The number of allylic oxidation sites excluding steroid dienone is 1. The van der Waals surface area contributed by atoms with Crippen LogP contribution in [0.2, 0.25) is 0 Å². The quantitative estimate of drug-likeness (QED) is 0.582. The summed E-state index contributed by atoms with van der Waals surface area (Å²) in [6.07, 6.45) is 1.75. The molecule has 4 N–H and O–H groups in total. The molecule has 0 atom stereocenters. The van der Waals surface area contributed by atoms with Crippen molar-refractivity contribution in [3.63, 3.8) is 0 Å². The van der Waals surface area contributed by atoms with Gasteiger partial charge in [0.05, 0.1) is 0 Å². The second kappa shape index (κ2) is 7.23. The minimum atomic E-state index is -3.51. The maximum atomic E-state index is 10.4. The molecule has 0 aliphatic heterocycles. The molecule has 12 heavy (non-hydrogen) atoms. The van der Waals surface area contributed by atoms with Crippen LogP contribution in [0.5, 0.6) is 0 Å². The molecule has 0 aromatic rings. The van der Waals surface area contributed by atoms with Crippen molar-refractivity contribution in [2.75, 3.05) is 20.1 Å². The number of rotatable bonds is 3. The van der Waals surface area contributed by atoms with Crippen molar-refractivity contribution in [2.24, 2.45) is 10.9 Å². The van der Waals surface area contributed by atoms with Crippen molar-refractivity contribution in [1.82, 2.24) is 4.31 Å². The number of nitrogens with two attached hydrogens (primary N) is 2. The van der Waals surface area contributed by atoms with E-state index < -0.39 is 10.2 Å². The molecule has 0 unspecified atom stereocenters. The molecule has 0 heterocycles. The predicted octanol–water partition coefficient (Wildman–Crippen LogP) is -0.727. The van der Waals surface area contributed by atoms with Gasteiger partial charge >= 0.3 is 0 Å². The second-order valence-corrected chi connectivity index (χ2v) is 3.72. The summed E-state index contributed by atoms with van der Waals surface area (Å²) in [4.78, 5) is 0. The molecular weight excluding hydrogens is 178 g/mol. The zero-order valence-corrected chi connectivity index (χ0v) is 8.34. The van der Waals surface area contributed by atoms with E-state index in [1.807, 2.05) is 6.92 Å². The largest absolute Gasteiger partial charge is 0.329 e. The minimum Gasteiger partial charge on any atom is -0.329 e. The van der Waals surface area contributed by atoms with Crippen molar-refractivity contribution in [3.8, 4) is 0 Å². The van der Waals surface area contributed by atoms with Crippen LogP contribution >= 0.6 is 0 Å². The molecule has 0 spiro atoms. The summed E-state index contributed by atoms with van der Waals surface area (Å²) < 4.78 is 21.7. The van der Waals surface area contributed by atoms with Crippen molar-refractivity contribution < 1.29 is 8.42 Å². The van der Waals surface area contributed by atoms with E-state index in [-0.39, 0.29) is 13.1 Å². The second-order valence-electron chi connectivity index (χ2n) is 2.06. The van der Waals surface area contributed by atoms with E-state index in [1.54, 1.807) is 6.08 Å². The summed E-state index contributed by atoms with van der Waals surface area (Å²) in [6, 6.07) is 0. The molecule has 0 aromatic carbocycles. The van der Waals surface area contributed by atoms with Gasteiger partial charge in [0.25, 0.3) is 10.2 Å². The average Bonchev–Trinajstić information content (AvgIpc) is 1.88. The van der Waals surface area contributed by atoms with Gasteiger partial charge in [-0.1, -0.05) is 6.08 Å². The zero-order chi connectivity index (χ0) is 10.2. The van der Waals surface area contributed by atoms with Crippen LogP contribution in [0.1, 0.15) is 6.92 Å². The molecule has 0 radical (unpaired) electrons. The smallest absolute Gasteiger partial charge is 0.276 e. The van der Waals surface area contributed by atoms with Gasteiger partial charge in [-0.25, -0.2) is 5.14 Å². The molecule has 5 nitrogen and oxygen atoms in total. The summed E-state index contributed by atoms with van der Waals surface area (Å²) in [5.41, 5.74) is 5.06. The first-order chi connectivity index (χ1) is 5.40. The fraction of sp³-hybridized carbons (Fsp3) is 0.667. The fourth-order valence-electron chi connectivity index (χ4n) is 0.309. The summed E-state index contributed by atoms with van der Waals surface area (Å²) in [7, 11) is -2.13. The lowest BCUT2D eigenvalue weighted by Gasteiger charge is -2.10. The van der Waals surface area contributed by atoms with Crippen LogP contribution in [0, 0.1) is 0 Å². The van der Waals surface area contributed by atoms with Gasteiger partial charge < -0.3 is 5.73 Å². The molecule has 0 rings (SSSR count). The van der Waals surface area contributed by atoms with E-state index in [4.69, 9.17) is 10.9 Å². The van der Waals surface area contributed by atoms with Crippen molar-refractivity contribution >= 4 is 10.2 Å². The van der Waals surface area contributed by atoms with Crippen molar-refractivity contribution in [2.45, 2.75) is 6.92 Å². The maximum absolute atomic E-state index is 10.4. The van der Waals surface area contributed by atoms with Gasteiger partial charge in [0.1, 0.15) is 0 Å². The number of hydrogen-bond acceptors (Lipinski definition) is 3. The van der Waals surface area contributed by atoms with Crippen LogP contribution in [0.15, 0.2) is 12.7 Å². The van der Waals surface area contributed by atoms with Gasteiger partial charge in [-0.2, -0.15) is 12.7 Å². The van der Waals surface area contributed by atoms with Gasteiger partial charge in [0.2, 0.25) is 0 Å². The molecule has 0 aliphatic rings. The van der Waals surface area contributed by atoms with E-state index in [0.29, 0.717) is 0 Å². The van der Waals surface area contributed by atoms with Crippen LogP contribution in [0.4, 0.5) is 0 Å². The topological polar surface area (TPSA) is 89.4 Å². The summed E-state index contributed by atoms with van der Waals surface area (Å²) in [5.74, 6) is 0. The third kappa shape index (κ3) is 9.57. The molecule has 0 saturated heterocycles. The molecule has 0 saturated carbocycles. The normalized spacial score (nSPS) is 10.4. The first-order valence-electron chi connectivity index (χ1n) is 3.41. The molecule has 6 heteroatoms. The molecule has 0 fully saturated rings. The van der Waals surface area contributed by atoms with Crippen LogP contribution in [0.25, 0.3) is 0 Å². The Kier molecular flexibility index (Phi) is 8.51. The first kappa shape index (κ1) is 14.1. The van der Waals surface area contributed by atoms with Gasteiger partial charge in [-0.05, 0) is 6.92 Å². The number of nitrogens with zero attached hydrogens (tertiary/aromatic N) is 1. The summed E-state index contributed by atoms with van der Waals surface area (Å²) >= 11 is 0. The Morgan fingerprint density at radius 1 is 1.58 bits per heavy atom. The maximum Gasteiger partial charge on any atom is 0.276 e. The Morgan fingerprint density at radius 2 is 1.92 bits per heavy atom. The third-order valence-corrected chi connectivity index (χ3v) is 1.93. The lowest BCUT2D eigenvalue weighted by Crippen LogP contribution is -2.36. The van der Waals surface area contributed by atoms with Crippen LogP contribution in [0.3, 0.4) is 0 Å². The van der Waals surface area contributed by atoms with Crippen molar-refractivity contribution in [1.29, 1.82) is 0 Å². The molecule has 0 aromatic heterocycles. The highest BCUT2D eigenvalue weighted by atomic mass is 32.2. The lowest BCUT2D eigenvalue weighted by molar-refractivity contribution is 0.478. The highest BCUT2D eigenvalue weighted by molar-refractivity contribution is 7.86. The monoisotopic (exact) mass is 195 g/mol. The zero-order valence-electron chi connectivity index (χ0n) is 7.53. The van der Waals surface area contributed by atoms with E-state index in [2.05, 4.69) is 6.58 Å². The van der Waals surface area contributed by atoms with Gasteiger partial charge in [-0.3, -0.25) is 0 Å². The summed E-state index contributed by atoms with van der Waals surface area (Å²) in [6.45, 7) is 5.80. The van der Waals surface area contributed by atoms with Crippen LogP contribution < -0.4 is 10.9 Å². The molecular formula is C6H17N3O2S. The number of likely N-dealkylation sites (N-methyl/N-ethyl adjacent to an activating group) is 1. The highest BCUT2D eigenvalue weighted by Crippen LogP contribution is 1.84. The standard InChI is InChI=1S/C3H11N3O2S.C3H6/c1-6(3-2-4)9(5,7)8;1-3-2/h2-4H2,1H3,(H2,5,7,8);3H,1H2,2H3. The average molecular weight is 195 g/mol. The Hall–Kier alpha value is -0.430. The minimum absolute atomic E-state index is 0.263. The molecule has 0 aliphatic carbocycles. The van der Waals surface area contributed by atoms with E-state index >= 15 is 0 Å². The number of hydrogen-bond donors (Lipinski definition) is 2. The van der Waals surface area contributed by atoms with E-state index in [0.717, 1.165) is 4.31 Å². The van der Waals surface area contributed by atoms with E-state index in [9.17, 15) is 8.42 Å². The van der Waals surface area contributed by atoms with Crippen LogP contribution in [-0.4, -0.2) is 32.9 Å².